The summed E-state index contributed by atoms with van der Waals surface area (Å²) in [5.41, 5.74) is 0.674. The van der Waals surface area contributed by atoms with Gasteiger partial charge in [0.2, 0.25) is 0 Å². The molecule has 2 aromatic heterocycles. The second-order valence-electron chi connectivity index (χ2n) is 4.54. The van der Waals surface area contributed by atoms with Gasteiger partial charge in [0.25, 0.3) is 0 Å². The lowest BCUT2D eigenvalue weighted by Crippen LogP contribution is -2.07. The Labute approximate surface area is 116 Å². The second kappa shape index (κ2) is 5.81. The van der Waals surface area contributed by atoms with Crippen LogP contribution in [0.4, 0.5) is 4.39 Å². The van der Waals surface area contributed by atoms with E-state index in [9.17, 15) is 14.3 Å². The number of hydrogen-bond acceptors (Lipinski definition) is 3. The fraction of sp³-hybridized carbons (Fsp3) is 0.357. The summed E-state index contributed by atoms with van der Waals surface area (Å²) in [6.45, 7) is 4.03. The third kappa shape index (κ3) is 2.68. The van der Waals surface area contributed by atoms with Gasteiger partial charge >= 0.3 is 5.97 Å². The predicted molar refractivity (Wildman–Crippen MR) is 72.0 cm³/mol. The van der Waals surface area contributed by atoms with Gasteiger partial charge in [0.1, 0.15) is 17.1 Å². The average Bonchev–Trinajstić information content (AvgIpc) is 2.85. The quantitative estimate of drug-likeness (QED) is 0.911. The van der Waals surface area contributed by atoms with E-state index < -0.39 is 11.8 Å². The molecule has 20 heavy (non-hydrogen) atoms. The molecular formula is C14H16FN3O2. The van der Waals surface area contributed by atoms with E-state index in [1.807, 2.05) is 13.8 Å². The summed E-state index contributed by atoms with van der Waals surface area (Å²) in [5.74, 6) is -1.60. The van der Waals surface area contributed by atoms with Gasteiger partial charge in [0.05, 0.1) is 12.2 Å². The van der Waals surface area contributed by atoms with E-state index in [4.69, 9.17) is 0 Å². The molecule has 6 heteroatoms. The highest BCUT2D eigenvalue weighted by atomic mass is 19.1. The number of rotatable bonds is 5. The van der Waals surface area contributed by atoms with Crippen LogP contribution in [0.5, 0.6) is 0 Å². The lowest BCUT2D eigenvalue weighted by atomic mass is 10.1. The molecule has 0 aliphatic heterocycles. The average molecular weight is 277 g/mol. The highest BCUT2D eigenvalue weighted by Gasteiger charge is 2.20. The summed E-state index contributed by atoms with van der Waals surface area (Å²) in [6, 6.07) is 1.36. The maximum Gasteiger partial charge on any atom is 0.339 e. The van der Waals surface area contributed by atoms with Crippen LogP contribution in [0.3, 0.4) is 0 Å². The monoisotopic (exact) mass is 277 g/mol. The largest absolute Gasteiger partial charge is 0.478 e. The Hall–Kier alpha value is -2.24. The van der Waals surface area contributed by atoms with Crippen molar-refractivity contribution in [3.8, 4) is 11.3 Å². The molecule has 2 rings (SSSR count). The first kappa shape index (κ1) is 14.2. The molecule has 0 aliphatic carbocycles. The van der Waals surface area contributed by atoms with Gasteiger partial charge in [0.15, 0.2) is 0 Å². The molecule has 0 atom stereocenters. The van der Waals surface area contributed by atoms with E-state index in [1.165, 1.54) is 18.5 Å². The fourth-order valence-corrected chi connectivity index (χ4v) is 2.15. The van der Waals surface area contributed by atoms with Gasteiger partial charge in [-0.15, -0.1) is 0 Å². The maximum absolute atomic E-state index is 13.2. The zero-order valence-electron chi connectivity index (χ0n) is 11.4. The van der Waals surface area contributed by atoms with Crippen molar-refractivity contribution in [2.45, 2.75) is 32.7 Å². The topological polar surface area (TPSA) is 68.0 Å². The molecule has 0 amide bonds. The third-order valence-electron chi connectivity index (χ3n) is 3.26. The number of aromatic carboxylic acids is 1. The van der Waals surface area contributed by atoms with Crippen molar-refractivity contribution >= 4 is 5.97 Å². The summed E-state index contributed by atoms with van der Waals surface area (Å²) >= 11 is 0. The number of carbonyl (C=O) groups is 1. The summed E-state index contributed by atoms with van der Waals surface area (Å²) in [5, 5.41) is 13.6. The van der Waals surface area contributed by atoms with Crippen molar-refractivity contribution in [2.24, 2.45) is 0 Å². The zero-order valence-corrected chi connectivity index (χ0v) is 11.4. The number of pyridine rings is 1. The van der Waals surface area contributed by atoms with Gasteiger partial charge in [-0.3, -0.25) is 9.67 Å². The SMILES string of the molecule is CCC(CC)n1cc(C(=O)O)c(-c2cncc(F)c2)n1. The van der Waals surface area contributed by atoms with Gasteiger partial charge in [-0.25, -0.2) is 9.18 Å². The van der Waals surface area contributed by atoms with Crippen LogP contribution in [-0.4, -0.2) is 25.8 Å². The molecule has 106 valence electrons. The standard InChI is InChI=1S/C14H16FN3O2/c1-3-11(4-2)18-8-12(14(19)20)13(17-18)9-5-10(15)7-16-6-9/h5-8,11H,3-4H2,1-2H3,(H,19,20). The minimum Gasteiger partial charge on any atom is -0.478 e. The number of nitrogens with zero attached hydrogens (tertiary/aromatic N) is 3. The Morgan fingerprint density at radius 3 is 2.65 bits per heavy atom. The molecule has 1 N–H and O–H groups in total. The lowest BCUT2D eigenvalue weighted by Gasteiger charge is -2.12. The van der Waals surface area contributed by atoms with Gasteiger partial charge in [-0.2, -0.15) is 5.10 Å². The molecule has 0 bridgehead atoms. The van der Waals surface area contributed by atoms with Gasteiger partial charge in [-0.05, 0) is 18.9 Å². The first-order chi connectivity index (χ1) is 9.56. The molecule has 0 unspecified atom stereocenters. The van der Waals surface area contributed by atoms with E-state index in [1.54, 1.807) is 4.68 Å². The van der Waals surface area contributed by atoms with Gasteiger partial charge in [0, 0.05) is 18.0 Å². The first-order valence-corrected chi connectivity index (χ1v) is 6.50. The molecule has 5 nitrogen and oxygen atoms in total. The molecule has 0 saturated heterocycles. The van der Waals surface area contributed by atoms with Crippen molar-refractivity contribution in [3.05, 3.63) is 36.0 Å². The summed E-state index contributed by atoms with van der Waals surface area (Å²) in [7, 11) is 0. The molecule has 0 saturated carbocycles. The minimum absolute atomic E-state index is 0.0595. The Kier molecular flexibility index (Phi) is 4.12. The number of aromatic nitrogens is 3. The first-order valence-electron chi connectivity index (χ1n) is 6.50. The van der Waals surface area contributed by atoms with E-state index in [-0.39, 0.29) is 17.3 Å². The summed E-state index contributed by atoms with van der Waals surface area (Å²) in [6.07, 6.45) is 5.67. The number of carboxylic acids is 1. The molecule has 0 aliphatic rings. The predicted octanol–water partition coefficient (Wildman–Crippen LogP) is 3.14. The molecule has 0 fully saturated rings. The number of hydrogen-bond donors (Lipinski definition) is 1. The zero-order chi connectivity index (χ0) is 14.7. The van der Waals surface area contributed by atoms with Crippen molar-refractivity contribution in [1.29, 1.82) is 0 Å². The van der Waals surface area contributed by atoms with Gasteiger partial charge in [-0.1, -0.05) is 13.8 Å². The summed E-state index contributed by atoms with van der Waals surface area (Å²) < 4.78 is 14.9. The number of carboxylic acid groups (broad SMARTS) is 1. The molecule has 0 radical (unpaired) electrons. The van der Waals surface area contributed by atoms with Crippen LogP contribution in [0, 0.1) is 5.82 Å². The van der Waals surface area contributed by atoms with Crippen LogP contribution in [0.2, 0.25) is 0 Å². The minimum atomic E-state index is -1.08. The van der Waals surface area contributed by atoms with Crippen LogP contribution in [0.1, 0.15) is 43.1 Å². The summed E-state index contributed by atoms with van der Waals surface area (Å²) in [4.78, 5) is 15.1. The lowest BCUT2D eigenvalue weighted by molar-refractivity contribution is 0.0697. The number of halogens is 1. The molecule has 0 spiro atoms. The maximum atomic E-state index is 13.2. The normalized spacial score (nSPS) is 11.0. The van der Waals surface area contributed by atoms with Crippen LogP contribution >= 0.6 is 0 Å². The van der Waals surface area contributed by atoms with E-state index >= 15 is 0 Å². The van der Waals surface area contributed by atoms with Crippen LogP contribution in [-0.2, 0) is 0 Å². The highest BCUT2D eigenvalue weighted by Crippen LogP contribution is 2.25. The second-order valence-corrected chi connectivity index (χ2v) is 4.54. The van der Waals surface area contributed by atoms with Gasteiger partial charge < -0.3 is 5.11 Å². The van der Waals surface area contributed by atoms with E-state index in [0.717, 1.165) is 19.0 Å². The van der Waals surface area contributed by atoms with Crippen molar-refractivity contribution in [1.82, 2.24) is 14.8 Å². The molecular weight excluding hydrogens is 261 g/mol. The smallest absolute Gasteiger partial charge is 0.339 e. The Morgan fingerprint density at radius 1 is 1.40 bits per heavy atom. The van der Waals surface area contributed by atoms with Crippen molar-refractivity contribution in [3.63, 3.8) is 0 Å². The fourth-order valence-electron chi connectivity index (χ4n) is 2.15. The van der Waals surface area contributed by atoms with Crippen LogP contribution in [0.15, 0.2) is 24.7 Å². The highest BCUT2D eigenvalue weighted by molar-refractivity contribution is 5.94. The van der Waals surface area contributed by atoms with Crippen LogP contribution in [0.25, 0.3) is 11.3 Å². The van der Waals surface area contributed by atoms with E-state index in [2.05, 4.69) is 10.1 Å². The molecule has 0 aromatic carbocycles. The Morgan fingerprint density at radius 2 is 2.10 bits per heavy atom. The molecule has 2 aromatic rings. The Bertz CT molecular complexity index is 621. The molecule has 2 heterocycles. The van der Waals surface area contributed by atoms with E-state index in [0.29, 0.717) is 5.56 Å². The van der Waals surface area contributed by atoms with Crippen molar-refractivity contribution in [2.75, 3.05) is 0 Å². The van der Waals surface area contributed by atoms with Crippen molar-refractivity contribution < 1.29 is 14.3 Å². The Balaban J connectivity index is 2.54. The van der Waals surface area contributed by atoms with Crippen LogP contribution < -0.4 is 0 Å². The third-order valence-corrected chi connectivity index (χ3v) is 3.26.